The molecule has 8 heteroatoms. The van der Waals surface area contributed by atoms with Crippen LogP contribution in [0.1, 0.15) is 22.8 Å². The third kappa shape index (κ3) is 3.59. The molecule has 0 radical (unpaired) electrons. The van der Waals surface area contributed by atoms with Gasteiger partial charge in [-0.05, 0) is 30.7 Å². The minimum Gasteiger partial charge on any atom is -0.548 e. The van der Waals surface area contributed by atoms with Gasteiger partial charge in [0.05, 0.1) is 29.6 Å². The van der Waals surface area contributed by atoms with Gasteiger partial charge < -0.3 is 14.6 Å². The molecule has 2 rings (SSSR count). The second-order valence-electron chi connectivity index (χ2n) is 4.66. The van der Waals surface area contributed by atoms with E-state index in [9.17, 15) is 19.5 Å². The maximum Gasteiger partial charge on any atom is 0.337 e. The number of hydrogen-bond donors (Lipinski definition) is 0. The molecule has 1 atom stereocenters. The Kier molecular flexibility index (Phi) is 5.17. The number of hydrogen-bond acceptors (Lipinski definition) is 7. The first-order valence-electron chi connectivity index (χ1n) is 6.51. The fourth-order valence-corrected chi connectivity index (χ4v) is 3.32. The van der Waals surface area contributed by atoms with E-state index in [-0.39, 0.29) is 4.32 Å². The number of esters is 1. The average Bonchev–Trinajstić information content (AvgIpc) is 2.80. The molecule has 23 heavy (non-hydrogen) atoms. The maximum atomic E-state index is 12.3. The summed E-state index contributed by atoms with van der Waals surface area (Å²) in [6, 6.07) is 5.32. The number of nitrogens with zero attached hydrogens (tertiary/aromatic N) is 1. The normalized spacial score (nSPS) is 17.5. The summed E-state index contributed by atoms with van der Waals surface area (Å²) in [6.45, 7) is 1.34. The van der Waals surface area contributed by atoms with Crippen LogP contribution in [0.3, 0.4) is 0 Å². The van der Waals surface area contributed by atoms with Gasteiger partial charge in [-0.15, -0.1) is 0 Å². The minimum absolute atomic E-state index is 0.170. The van der Waals surface area contributed by atoms with Gasteiger partial charge in [-0.25, -0.2) is 4.79 Å². The second-order valence-corrected chi connectivity index (χ2v) is 6.34. The summed E-state index contributed by atoms with van der Waals surface area (Å²) >= 11 is 6.08. The van der Waals surface area contributed by atoms with Crippen LogP contribution < -0.4 is 5.11 Å². The molecule has 0 unspecified atom stereocenters. The van der Waals surface area contributed by atoms with Gasteiger partial charge >= 0.3 is 5.97 Å². The van der Waals surface area contributed by atoms with Gasteiger partial charge in [0.1, 0.15) is 4.32 Å². The number of carbonyl (C=O) groups is 3. The fraction of sp³-hybridized carbons (Fsp3) is 0.200. The van der Waals surface area contributed by atoms with Crippen LogP contribution in [0.25, 0.3) is 6.08 Å². The van der Waals surface area contributed by atoms with Gasteiger partial charge in [0.25, 0.3) is 5.91 Å². The molecule has 0 spiro atoms. The molecule has 1 fully saturated rings. The van der Waals surface area contributed by atoms with Crippen LogP contribution in [0.4, 0.5) is 0 Å². The highest BCUT2D eigenvalue weighted by Crippen LogP contribution is 2.33. The molecule has 1 aliphatic heterocycles. The predicted molar refractivity (Wildman–Crippen MR) is 87.3 cm³/mol. The third-order valence-corrected chi connectivity index (χ3v) is 4.51. The summed E-state index contributed by atoms with van der Waals surface area (Å²) < 4.78 is 4.78. The van der Waals surface area contributed by atoms with E-state index in [1.54, 1.807) is 30.3 Å². The molecule has 0 aromatic heterocycles. The zero-order valence-electron chi connectivity index (χ0n) is 12.3. The summed E-state index contributed by atoms with van der Waals surface area (Å²) in [7, 11) is 1.29. The highest BCUT2D eigenvalue weighted by Gasteiger charge is 2.35. The number of ether oxygens (including phenoxy) is 1. The number of amides is 1. The van der Waals surface area contributed by atoms with E-state index in [0.29, 0.717) is 16.0 Å². The highest BCUT2D eigenvalue weighted by molar-refractivity contribution is 8.26. The van der Waals surface area contributed by atoms with Crippen LogP contribution in [-0.4, -0.2) is 40.2 Å². The molecule has 120 valence electrons. The van der Waals surface area contributed by atoms with Crippen molar-refractivity contribution in [2.24, 2.45) is 0 Å². The van der Waals surface area contributed by atoms with E-state index in [0.717, 1.165) is 16.7 Å². The van der Waals surface area contributed by atoms with Gasteiger partial charge in [-0.3, -0.25) is 9.69 Å². The zero-order chi connectivity index (χ0) is 17.1. The van der Waals surface area contributed by atoms with Crippen LogP contribution in [0.15, 0.2) is 29.2 Å². The Hall–Kier alpha value is -2.19. The monoisotopic (exact) mass is 350 g/mol. The van der Waals surface area contributed by atoms with Crippen molar-refractivity contribution in [3.63, 3.8) is 0 Å². The number of aliphatic carboxylic acids is 1. The first-order valence-corrected chi connectivity index (χ1v) is 7.74. The Morgan fingerprint density at radius 1 is 1.35 bits per heavy atom. The fourth-order valence-electron chi connectivity index (χ4n) is 1.90. The molecule has 1 aromatic carbocycles. The first-order chi connectivity index (χ1) is 10.8. The maximum absolute atomic E-state index is 12.3. The Morgan fingerprint density at radius 3 is 2.48 bits per heavy atom. The van der Waals surface area contributed by atoms with Crippen molar-refractivity contribution in [2.45, 2.75) is 13.0 Å². The van der Waals surface area contributed by atoms with Gasteiger partial charge in [0, 0.05) is 0 Å². The van der Waals surface area contributed by atoms with Gasteiger partial charge in [-0.2, -0.15) is 0 Å². The summed E-state index contributed by atoms with van der Waals surface area (Å²) in [5.74, 6) is -2.30. The summed E-state index contributed by atoms with van der Waals surface area (Å²) in [4.78, 5) is 35.9. The SMILES string of the molecule is COC(=O)c1ccc(/C=C2\SC(=S)N([C@@H](C)C(=O)[O-])C2=O)cc1. The van der Waals surface area contributed by atoms with E-state index in [1.807, 2.05) is 0 Å². The van der Waals surface area contributed by atoms with Crippen molar-refractivity contribution in [2.75, 3.05) is 7.11 Å². The van der Waals surface area contributed by atoms with E-state index < -0.39 is 23.9 Å². The Balaban J connectivity index is 2.24. The number of rotatable bonds is 4. The molecule has 0 saturated carbocycles. The number of carboxylic acids is 1. The van der Waals surface area contributed by atoms with E-state index in [1.165, 1.54) is 14.0 Å². The van der Waals surface area contributed by atoms with Crippen molar-refractivity contribution in [1.29, 1.82) is 0 Å². The van der Waals surface area contributed by atoms with Crippen molar-refractivity contribution in [3.8, 4) is 0 Å². The van der Waals surface area contributed by atoms with Crippen LogP contribution in [0.2, 0.25) is 0 Å². The number of carbonyl (C=O) groups excluding carboxylic acids is 3. The summed E-state index contributed by atoms with van der Waals surface area (Å²) in [5, 5.41) is 10.9. The van der Waals surface area contributed by atoms with Crippen LogP contribution >= 0.6 is 24.0 Å². The molecule has 0 N–H and O–H groups in total. The van der Waals surface area contributed by atoms with Crippen molar-refractivity contribution < 1.29 is 24.2 Å². The lowest BCUT2D eigenvalue weighted by atomic mass is 10.1. The number of methoxy groups -OCH3 is 1. The number of thiocarbonyl (C=S) groups is 1. The molecular formula is C15H12NO5S2-. The van der Waals surface area contributed by atoms with Crippen LogP contribution in [0.5, 0.6) is 0 Å². The van der Waals surface area contributed by atoms with Crippen molar-refractivity contribution >= 4 is 52.2 Å². The van der Waals surface area contributed by atoms with Gasteiger partial charge in [0.2, 0.25) is 0 Å². The topological polar surface area (TPSA) is 86.7 Å². The molecule has 1 heterocycles. The van der Waals surface area contributed by atoms with Gasteiger partial charge in [0.15, 0.2) is 0 Å². The number of benzene rings is 1. The molecule has 1 aliphatic rings. The molecule has 6 nitrogen and oxygen atoms in total. The summed E-state index contributed by atoms with van der Waals surface area (Å²) in [5.41, 5.74) is 1.07. The van der Waals surface area contributed by atoms with Gasteiger partial charge in [-0.1, -0.05) is 36.1 Å². The molecule has 0 bridgehead atoms. The van der Waals surface area contributed by atoms with Crippen LogP contribution in [-0.2, 0) is 14.3 Å². The lowest BCUT2D eigenvalue weighted by Crippen LogP contribution is -2.48. The predicted octanol–water partition coefficient (Wildman–Crippen LogP) is 0.813. The lowest BCUT2D eigenvalue weighted by molar-refractivity contribution is -0.309. The lowest BCUT2D eigenvalue weighted by Gasteiger charge is -2.23. The minimum atomic E-state index is -1.37. The zero-order valence-corrected chi connectivity index (χ0v) is 13.9. The average molecular weight is 350 g/mol. The Morgan fingerprint density at radius 2 is 1.96 bits per heavy atom. The Bertz CT molecular complexity index is 711. The number of carboxylic acid groups (broad SMARTS) is 1. The van der Waals surface area contributed by atoms with E-state index >= 15 is 0 Å². The van der Waals surface area contributed by atoms with Crippen molar-refractivity contribution in [3.05, 3.63) is 40.3 Å². The van der Waals surface area contributed by atoms with Crippen LogP contribution in [0, 0.1) is 0 Å². The quantitative estimate of drug-likeness (QED) is 0.451. The molecule has 1 amide bonds. The largest absolute Gasteiger partial charge is 0.548 e. The molecule has 1 saturated heterocycles. The second kappa shape index (κ2) is 6.93. The molecule has 1 aromatic rings. The van der Waals surface area contributed by atoms with E-state index in [4.69, 9.17) is 12.2 Å². The van der Waals surface area contributed by atoms with Crippen molar-refractivity contribution in [1.82, 2.24) is 4.90 Å². The first kappa shape index (κ1) is 17.2. The molecular weight excluding hydrogens is 338 g/mol. The third-order valence-electron chi connectivity index (χ3n) is 3.18. The smallest absolute Gasteiger partial charge is 0.337 e. The number of thioether (sulfide) groups is 1. The highest BCUT2D eigenvalue weighted by atomic mass is 32.2. The summed E-state index contributed by atoms with van der Waals surface area (Å²) in [6.07, 6.45) is 1.59. The van der Waals surface area contributed by atoms with E-state index in [2.05, 4.69) is 4.74 Å². The Labute approximate surface area is 142 Å². The molecule has 0 aliphatic carbocycles. The standard InChI is InChI=1S/C15H13NO5S2/c1-8(13(18)19)16-12(17)11(23-15(16)22)7-9-3-5-10(6-4-9)14(20)21-2/h3-8H,1-2H3,(H,18,19)/p-1/b11-7-/t8-/m0/s1.